The van der Waals surface area contributed by atoms with Crippen LogP contribution in [0.2, 0.25) is 0 Å². The van der Waals surface area contributed by atoms with Gasteiger partial charge >= 0.3 is 5.97 Å². The lowest BCUT2D eigenvalue weighted by Crippen LogP contribution is -2.36. The van der Waals surface area contributed by atoms with Gasteiger partial charge in [-0.15, -0.1) is 0 Å². The molecule has 1 atom stereocenters. The molecule has 1 unspecified atom stereocenters. The third-order valence-electron chi connectivity index (χ3n) is 2.64. The first kappa shape index (κ1) is 14.2. The first-order valence-electron chi connectivity index (χ1n) is 6.02. The van der Waals surface area contributed by atoms with Crippen molar-refractivity contribution >= 4 is 11.9 Å². The fourth-order valence-electron chi connectivity index (χ4n) is 1.61. The van der Waals surface area contributed by atoms with Crippen LogP contribution in [0.4, 0.5) is 0 Å². The summed E-state index contributed by atoms with van der Waals surface area (Å²) >= 11 is 0. The quantitative estimate of drug-likeness (QED) is 0.766. The van der Waals surface area contributed by atoms with Gasteiger partial charge in [0, 0.05) is 24.9 Å². The van der Waals surface area contributed by atoms with Gasteiger partial charge in [-0.05, 0) is 24.5 Å². The van der Waals surface area contributed by atoms with Crippen molar-refractivity contribution in [1.29, 1.82) is 0 Å². The van der Waals surface area contributed by atoms with Gasteiger partial charge in [0.25, 0.3) is 0 Å². The van der Waals surface area contributed by atoms with E-state index in [9.17, 15) is 9.59 Å². The van der Waals surface area contributed by atoms with Crippen molar-refractivity contribution in [3.63, 3.8) is 0 Å². The van der Waals surface area contributed by atoms with Gasteiger partial charge in [0.2, 0.25) is 5.91 Å². The summed E-state index contributed by atoms with van der Waals surface area (Å²) in [5.74, 6) is -1.01. The molecule has 0 aliphatic carbocycles. The maximum absolute atomic E-state index is 11.6. The number of hydrogen-bond donors (Lipinski definition) is 2. The zero-order chi connectivity index (χ0) is 13.4. The summed E-state index contributed by atoms with van der Waals surface area (Å²) in [6.45, 7) is 1.86. The molecule has 1 aromatic rings. The van der Waals surface area contributed by atoms with E-state index in [0.29, 0.717) is 19.3 Å². The Bertz CT molecular complexity index is 392. The minimum atomic E-state index is -0.894. The summed E-state index contributed by atoms with van der Waals surface area (Å²) in [6.07, 6.45) is 4.95. The van der Waals surface area contributed by atoms with Crippen molar-refractivity contribution < 1.29 is 14.7 Å². The fourth-order valence-corrected chi connectivity index (χ4v) is 1.61. The average molecular weight is 250 g/mol. The highest BCUT2D eigenvalue weighted by molar-refractivity contribution is 5.77. The molecule has 1 amide bonds. The first-order valence-corrected chi connectivity index (χ1v) is 6.02. The van der Waals surface area contributed by atoms with E-state index < -0.39 is 5.97 Å². The second kappa shape index (κ2) is 7.42. The van der Waals surface area contributed by atoms with Crippen LogP contribution in [0.3, 0.4) is 0 Å². The Hall–Kier alpha value is -1.91. The number of nitrogens with one attached hydrogen (secondary N) is 1. The van der Waals surface area contributed by atoms with Gasteiger partial charge in [-0.3, -0.25) is 14.6 Å². The molecule has 0 saturated heterocycles. The van der Waals surface area contributed by atoms with Crippen LogP contribution in [0.25, 0.3) is 0 Å². The molecule has 1 heterocycles. The summed E-state index contributed by atoms with van der Waals surface area (Å²) in [6, 6.07) is 3.45. The van der Waals surface area contributed by atoms with Gasteiger partial charge < -0.3 is 10.4 Å². The molecular weight excluding hydrogens is 232 g/mol. The number of amides is 1. The second-order valence-corrected chi connectivity index (χ2v) is 4.13. The largest absolute Gasteiger partial charge is 0.481 e. The molecule has 5 nitrogen and oxygen atoms in total. The lowest BCUT2D eigenvalue weighted by atomic mass is 10.1. The number of carboxylic acids is 1. The van der Waals surface area contributed by atoms with Gasteiger partial charge in [0.05, 0.1) is 6.42 Å². The number of hydrogen-bond acceptors (Lipinski definition) is 3. The highest BCUT2D eigenvalue weighted by Gasteiger charge is 2.13. The zero-order valence-electron chi connectivity index (χ0n) is 10.4. The number of nitrogens with zero attached hydrogens (tertiary/aromatic N) is 1. The monoisotopic (exact) mass is 250 g/mol. The molecule has 5 heteroatoms. The normalized spacial score (nSPS) is 11.8. The minimum absolute atomic E-state index is 0.0326. The van der Waals surface area contributed by atoms with E-state index in [2.05, 4.69) is 10.3 Å². The summed E-state index contributed by atoms with van der Waals surface area (Å²) < 4.78 is 0. The van der Waals surface area contributed by atoms with Crippen molar-refractivity contribution in [3.8, 4) is 0 Å². The van der Waals surface area contributed by atoms with Crippen LogP contribution in [-0.4, -0.2) is 28.0 Å². The van der Waals surface area contributed by atoms with E-state index in [1.165, 1.54) is 0 Å². The average Bonchev–Trinajstić information content (AvgIpc) is 2.36. The molecule has 2 N–H and O–H groups in total. The van der Waals surface area contributed by atoms with Crippen LogP contribution in [-0.2, 0) is 16.0 Å². The fraction of sp³-hybridized carbons (Fsp3) is 0.462. The standard InChI is InChI=1S/C13H18N2O3/c1-2-11(8-13(17)18)15-12(16)6-5-10-4-3-7-14-9-10/h3-4,7,9,11H,2,5-6,8H2,1H3,(H,15,16)(H,17,18). The van der Waals surface area contributed by atoms with E-state index in [4.69, 9.17) is 5.11 Å². The van der Waals surface area contributed by atoms with Crippen LogP contribution in [0.1, 0.15) is 31.7 Å². The van der Waals surface area contributed by atoms with Crippen LogP contribution in [0.5, 0.6) is 0 Å². The summed E-state index contributed by atoms with van der Waals surface area (Å²) in [5, 5.41) is 11.4. The second-order valence-electron chi connectivity index (χ2n) is 4.13. The molecular formula is C13H18N2O3. The number of carbonyl (C=O) groups excluding carboxylic acids is 1. The molecule has 0 radical (unpaired) electrons. The lowest BCUT2D eigenvalue weighted by molar-refractivity contribution is -0.137. The highest BCUT2D eigenvalue weighted by atomic mass is 16.4. The third kappa shape index (κ3) is 5.43. The molecule has 98 valence electrons. The van der Waals surface area contributed by atoms with Crippen molar-refractivity contribution in [2.45, 2.75) is 38.6 Å². The Balaban J connectivity index is 2.34. The van der Waals surface area contributed by atoms with Crippen LogP contribution in [0, 0.1) is 0 Å². The minimum Gasteiger partial charge on any atom is -0.481 e. The first-order chi connectivity index (χ1) is 8.61. The number of pyridine rings is 1. The molecule has 0 bridgehead atoms. The Morgan fingerprint density at radius 1 is 1.50 bits per heavy atom. The third-order valence-corrected chi connectivity index (χ3v) is 2.64. The van der Waals surface area contributed by atoms with E-state index in [1.54, 1.807) is 12.4 Å². The summed E-state index contributed by atoms with van der Waals surface area (Å²) in [7, 11) is 0. The number of aromatic nitrogens is 1. The molecule has 18 heavy (non-hydrogen) atoms. The predicted octanol–water partition coefficient (Wildman–Crippen LogP) is 1.38. The number of carbonyl (C=O) groups is 2. The topological polar surface area (TPSA) is 79.3 Å². The molecule has 0 aliphatic heterocycles. The maximum Gasteiger partial charge on any atom is 0.305 e. The van der Waals surface area contributed by atoms with E-state index in [0.717, 1.165) is 5.56 Å². The van der Waals surface area contributed by atoms with Crippen molar-refractivity contribution in [2.75, 3.05) is 0 Å². The van der Waals surface area contributed by atoms with Crippen molar-refractivity contribution in [1.82, 2.24) is 10.3 Å². The van der Waals surface area contributed by atoms with Crippen molar-refractivity contribution in [3.05, 3.63) is 30.1 Å². The smallest absolute Gasteiger partial charge is 0.305 e. The zero-order valence-corrected chi connectivity index (χ0v) is 10.4. The maximum atomic E-state index is 11.6. The predicted molar refractivity (Wildman–Crippen MR) is 67.0 cm³/mol. The van der Waals surface area contributed by atoms with E-state index in [1.807, 2.05) is 19.1 Å². The molecule has 1 aromatic heterocycles. The van der Waals surface area contributed by atoms with Gasteiger partial charge in [-0.2, -0.15) is 0 Å². The SMILES string of the molecule is CCC(CC(=O)O)NC(=O)CCc1cccnc1. The Kier molecular flexibility index (Phi) is 5.84. The molecule has 1 rings (SSSR count). The Labute approximate surface area is 106 Å². The van der Waals surface area contributed by atoms with Crippen LogP contribution in [0.15, 0.2) is 24.5 Å². The van der Waals surface area contributed by atoms with Crippen LogP contribution >= 0.6 is 0 Å². The van der Waals surface area contributed by atoms with Crippen LogP contribution < -0.4 is 5.32 Å². The lowest BCUT2D eigenvalue weighted by Gasteiger charge is -2.14. The van der Waals surface area contributed by atoms with Crippen molar-refractivity contribution in [2.24, 2.45) is 0 Å². The molecule has 0 fully saturated rings. The summed E-state index contributed by atoms with van der Waals surface area (Å²) in [4.78, 5) is 26.2. The molecule has 0 aromatic carbocycles. The summed E-state index contributed by atoms with van der Waals surface area (Å²) in [5.41, 5.74) is 0.999. The highest BCUT2D eigenvalue weighted by Crippen LogP contribution is 2.02. The molecule has 0 saturated carbocycles. The number of rotatable bonds is 7. The molecule has 0 spiro atoms. The van der Waals surface area contributed by atoms with E-state index >= 15 is 0 Å². The Morgan fingerprint density at radius 3 is 2.83 bits per heavy atom. The van der Waals surface area contributed by atoms with Gasteiger partial charge in [-0.1, -0.05) is 13.0 Å². The number of aryl methyl sites for hydroxylation is 1. The van der Waals surface area contributed by atoms with Gasteiger partial charge in [0.15, 0.2) is 0 Å². The Morgan fingerprint density at radius 2 is 2.28 bits per heavy atom. The number of carboxylic acid groups (broad SMARTS) is 1. The van der Waals surface area contributed by atoms with Gasteiger partial charge in [-0.25, -0.2) is 0 Å². The molecule has 0 aliphatic rings. The van der Waals surface area contributed by atoms with Gasteiger partial charge in [0.1, 0.15) is 0 Å². The number of aliphatic carboxylic acids is 1. The van der Waals surface area contributed by atoms with E-state index in [-0.39, 0.29) is 18.4 Å².